The molecule has 1 aliphatic carbocycles. The third-order valence-corrected chi connectivity index (χ3v) is 5.69. The molecule has 0 saturated heterocycles. The van der Waals surface area contributed by atoms with Gasteiger partial charge in [-0.3, -0.25) is 4.79 Å². The van der Waals surface area contributed by atoms with Gasteiger partial charge in [-0.15, -0.1) is 23.1 Å². The van der Waals surface area contributed by atoms with Crippen molar-refractivity contribution >= 4 is 34.1 Å². The van der Waals surface area contributed by atoms with Crippen molar-refractivity contribution in [2.75, 3.05) is 11.1 Å². The fraction of sp³-hybridized carbons (Fsp3) is 0.412. The van der Waals surface area contributed by atoms with E-state index in [1.54, 1.807) is 0 Å². The Morgan fingerprint density at radius 3 is 3.00 bits per heavy atom. The first-order valence-electron chi connectivity index (χ1n) is 7.93. The van der Waals surface area contributed by atoms with Gasteiger partial charge in [0.05, 0.1) is 11.3 Å². The summed E-state index contributed by atoms with van der Waals surface area (Å²) < 4.78 is 0. The topological polar surface area (TPSA) is 78.7 Å². The highest BCUT2D eigenvalue weighted by Gasteiger charge is 2.16. The largest absolute Gasteiger partial charge is 0.302 e. The van der Waals surface area contributed by atoms with Gasteiger partial charge < -0.3 is 5.32 Å². The fourth-order valence-corrected chi connectivity index (χ4v) is 4.26. The van der Waals surface area contributed by atoms with Gasteiger partial charge in [-0.1, -0.05) is 0 Å². The van der Waals surface area contributed by atoms with Crippen LogP contribution in [0, 0.1) is 18.3 Å². The van der Waals surface area contributed by atoms with Gasteiger partial charge in [0.1, 0.15) is 11.1 Å². The maximum Gasteiger partial charge on any atom is 0.226 e. The third-order valence-electron chi connectivity index (χ3n) is 3.82. The van der Waals surface area contributed by atoms with Gasteiger partial charge in [-0.2, -0.15) is 5.26 Å². The van der Waals surface area contributed by atoms with Gasteiger partial charge >= 0.3 is 0 Å². The second-order valence-electron chi connectivity index (χ2n) is 5.71. The summed E-state index contributed by atoms with van der Waals surface area (Å²) in [5.74, 6) is 0.532. The average Bonchev–Trinajstić information content (AvgIpc) is 2.99. The minimum Gasteiger partial charge on any atom is -0.302 e. The average molecular weight is 358 g/mol. The maximum atomic E-state index is 12.0. The molecular weight excluding hydrogens is 340 g/mol. The Morgan fingerprint density at radius 1 is 1.42 bits per heavy atom. The van der Waals surface area contributed by atoms with Crippen LogP contribution in [0.1, 0.15) is 41.8 Å². The van der Waals surface area contributed by atoms with E-state index in [0.717, 1.165) is 35.7 Å². The molecule has 0 aliphatic heterocycles. The lowest BCUT2D eigenvalue weighted by molar-refractivity contribution is -0.115. The molecule has 0 atom stereocenters. The molecule has 0 bridgehead atoms. The number of carbonyl (C=O) groups is 1. The van der Waals surface area contributed by atoms with Crippen LogP contribution in [-0.2, 0) is 17.6 Å². The molecule has 1 amide bonds. The molecule has 0 aromatic carbocycles. The summed E-state index contributed by atoms with van der Waals surface area (Å²) in [6, 6.07) is 4.21. The van der Waals surface area contributed by atoms with Crippen molar-refractivity contribution in [3.63, 3.8) is 0 Å². The first-order valence-corrected chi connectivity index (χ1v) is 9.80. The molecule has 0 unspecified atom stereocenters. The Bertz CT molecular complexity index is 794. The van der Waals surface area contributed by atoms with Gasteiger partial charge in [0.2, 0.25) is 5.91 Å². The first-order chi connectivity index (χ1) is 11.7. The van der Waals surface area contributed by atoms with Crippen molar-refractivity contribution < 1.29 is 4.79 Å². The van der Waals surface area contributed by atoms with E-state index in [-0.39, 0.29) is 5.91 Å². The summed E-state index contributed by atoms with van der Waals surface area (Å²) in [7, 11) is 0. The normalized spacial score (nSPS) is 13.2. The zero-order valence-electron chi connectivity index (χ0n) is 13.5. The van der Waals surface area contributed by atoms with Crippen LogP contribution >= 0.6 is 23.1 Å². The number of nitrogens with one attached hydrogen (secondary N) is 1. The number of thioether (sulfide) groups is 1. The highest BCUT2D eigenvalue weighted by Crippen LogP contribution is 2.27. The van der Waals surface area contributed by atoms with Crippen molar-refractivity contribution in [2.24, 2.45) is 0 Å². The minimum atomic E-state index is -0.0617. The Labute approximate surface area is 149 Å². The van der Waals surface area contributed by atoms with Crippen molar-refractivity contribution in [2.45, 2.75) is 44.1 Å². The second kappa shape index (κ2) is 7.77. The number of pyridine rings is 1. The van der Waals surface area contributed by atoms with Crippen LogP contribution in [0.2, 0.25) is 0 Å². The smallest absolute Gasteiger partial charge is 0.226 e. The molecule has 24 heavy (non-hydrogen) atoms. The van der Waals surface area contributed by atoms with Crippen molar-refractivity contribution in [1.82, 2.24) is 9.97 Å². The van der Waals surface area contributed by atoms with E-state index >= 15 is 0 Å². The number of amides is 1. The number of nitriles is 1. The summed E-state index contributed by atoms with van der Waals surface area (Å²) in [5.41, 5.74) is 3.85. The van der Waals surface area contributed by atoms with E-state index in [0.29, 0.717) is 22.9 Å². The van der Waals surface area contributed by atoms with Gasteiger partial charge in [0.15, 0.2) is 5.13 Å². The number of nitrogens with zero attached hydrogens (tertiary/aromatic N) is 3. The van der Waals surface area contributed by atoms with Gasteiger partial charge in [-0.05, 0) is 44.2 Å². The van der Waals surface area contributed by atoms with Crippen molar-refractivity contribution in [3.8, 4) is 6.07 Å². The van der Waals surface area contributed by atoms with Crippen molar-refractivity contribution in [1.29, 1.82) is 5.26 Å². The zero-order chi connectivity index (χ0) is 16.9. The van der Waals surface area contributed by atoms with E-state index in [9.17, 15) is 10.1 Å². The summed E-state index contributed by atoms with van der Waals surface area (Å²) in [6.07, 6.45) is 4.69. The van der Waals surface area contributed by atoms with Crippen LogP contribution in [0.25, 0.3) is 0 Å². The third kappa shape index (κ3) is 4.13. The molecular formula is C17H18N4OS2. The quantitative estimate of drug-likeness (QED) is 0.824. The maximum absolute atomic E-state index is 12.0. The number of carbonyl (C=O) groups excluding carboxylic acids is 1. The molecule has 2 heterocycles. The summed E-state index contributed by atoms with van der Waals surface area (Å²) in [6.45, 7) is 1.90. The Hall–Kier alpha value is -1.91. The Balaban J connectivity index is 1.58. The number of aryl methyl sites for hydroxylation is 3. The number of hydrogen-bond donors (Lipinski definition) is 1. The van der Waals surface area contributed by atoms with E-state index in [1.807, 2.05) is 18.4 Å². The van der Waals surface area contributed by atoms with Gasteiger partial charge in [0, 0.05) is 23.2 Å². The molecule has 124 valence electrons. The molecule has 1 N–H and O–H groups in total. The van der Waals surface area contributed by atoms with E-state index in [2.05, 4.69) is 21.4 Å². The minimum absolute atomic E-state index is 0.0617. The molecule has 5 nitrogen and oxygen atoms in total. The first kappa shape index (κ1) is 16.9. The number of aromatic nitrogens is 2. The van der Waals surface area contributed by atoms with Crippen LogP contribution in [0.5, 0.6) is 0 Å². The van der Waals surface area contributed by atoms with E-state index in [1.165, 1.54) is 35.1 Å². The van der Waals surface area contributed by atoms with Gasteiger partial charge in [-0.25, -0.2) is 9.97 Å². The monoisotopic (exact) mass is 358 g/mol. The Morgan fingerprint density at radius 2 is 2.25 bits per heavy atom. The molecule has 0 spiro atoms. The fourth-order valence-electron chi connectivity index (χ4n) is 2.64. The summed E-state index contributed by atoms with van der Waals surface area (Å²) >= 11 is 2.90. The molecule has 0 saturated carbocycles. The molecule has 2 aromatic heterocycles. The Kier molecular flexibility index (Phi) is 5.48. The number of fused-ring (bicyclic) bond motifs is 1. The SMILES string of the molecule is Cc1csc(NC(=O)CCSc2nc3c(cc2C#N)CCCC3)n1. The molecule has 0 radical (unpaired) electrons. The zero-order valence-corrected chi connectivity index (χ0v) is 15.1. The second-order valence-corrected chi connectivity index (χ2v) is 7.65. The van der Waals surface area contributed by atoms with Crippen molar-refractivity contribution in [3.05, 3.63) is 34.0 Å². The summed E-state index contributed by atoms with van der Waals surface area (Å²) in [4.78, 5) is 20.8. The number of anilines is 1. The highest BCUT2D eigenvalue weighted by molar-refractivity contribution is 7.99. The van der Waals surface area contributed by atoms with E-state index in [4.69, 9.17) is 0 Å². The lowest BCUT2D eigenvalue weighted by Gasteiger charge is -2.16. The predicted molar refractivity (Wildman–Crippen MR) is 96.4 cm³/mol. The standard InChI is InChI=1S/C17H18N4OS2/c1-11-10-24-17(19-11)21-15(22)6-7-23-16-13(9-18)8-12-4-2-3-5-14(12)20-16/h8,10H,2-7H2,1H3,(H,19,21,22). The van der Waals surface area contributed by atoms with Gasteiger partial charge in [0.25, 0.3) is 0 Å². The number of rotatable bonds is 5. The molecule has 1 aliphatic rings. The van der Waals surface area contributed by atoms with Crippen LogP contribution in [-0.4, -0.2) is 21.6 Å². The molecule has 7 heteroatoms. The van der Waals surface area contributed by atoms with E-state index < -0.39 is 0 Å². The summed E-state index contributed by atoms with van der Waals surface area (Å²) in [5, 5.41) is 15.4. The van der Waals surface area contributed by atoms with Crippen LogP contribution < -0.4 is 5.32 Å². The highest BCUT2D eigenvalue weighted by atomic mass is 32.2. The lowest BCUT2D eigenvalue weighted by atomic mass is 9.95. The van der Waals surface area contributed by atoms with Crippen LogP contribution in [0.15, 0.2) is 16.5 Å². The molecule has 2 aromatic rings. The molecule has 0 fully saturated rings. The van der Waals surface area contributed by atoms with Crippen LogP contribution in [0.4, 0.5) is 5.13 Å². The lowest BCUT2D eigenvalue weighted by Crippen LogP contribution is -2.12. The van der Waals surface area contributed by atoms with Crippen LogP contribution in [0.3, 0.4) is 0 Å². The number of hydrogen-bond acceptors (Lipinski definition) is 6. The number of thiazole rings is 1. The predicted octanol–water partition coefficient (Wildman–Crippen LogP) is 3.72. The molecule has 3 rings (SSSR count).